The summed E-state index contributed by atoms with van der Waals surface area (Å²) in [6.07, 6.45) is 1.77. The fourth-order valence-corrected chi connectivity index (χ4v) is 3.45. The van der Waals surface area contributed by atoms with Crippen LogP contribution in [0.25, 0.3) is 10.6 Å². The van der Waals surface area contributed by atoms with E-state index in [0.29, 0.717) is 0 Å². The van der Waals surface area contributed by atoms with E-state index in [9.17, 15) is 0 Å². The Hall–Kier alpha value is -0.170. The first-order valence-corrected chi connectivity index (χ1v) is 7.66. The number of halogens is 2. The van der Waals surface area contributed by atoms with Gasteiger partial charge in [0.15, 0.2) is 5.76 Å². The van der Waals surface area contributed by atoms with Crippen LogP contribution in [0.15, 0.2) is 24.9 Å². The molecule has 1 N–H and O–H groups in total. The van der Waals surface area contributed by atoms with Crippen molar-refractivity contribution in [2.45, 2.75) is 19.9 Å². The molecule has 2 aromatic rings. The predicted molar refractivity (Wildman–Crippen MR) is 77.3 cm³/mol. The van der Waals surface area contributed by atoms with Crippen molar-refractivity contribution in [3.63, 3.8) is 0 Å². The third kappa shape index (κ3) is 2.99. The molecule has 2 rings (SSSR count). The lowest BCUT2D eigenvalue weighted by Gasteiger charge is -2.06. The molecular weight excluding hydrogens is 368 g/mol. The molecule has 2 aromatic heterocycles. The maximum Gasteiger partial charge on any atom is 0.211 e. The third-order valence-electron chi connectivity index (χ3n) is 2.29. The molecule has 1 unspecified atom stereocenters. The van der Waals surface area contributed by atoms with E-state index in [1.54, 1.807) is 17.5 Å². The summed E-state index contributed by atoms with van der Waals surface area (Å²) >= 11 is 8.56. The van der Waals surface area contributed by atoms with Gasteiger partial charge in [-0.2, -0.15) is 0 Å². The summed E-state index contributed by atoms with van der Waals surface area (Å²) in [5, 5.41) is 3.27. The van der Waals surface area contributed by atoms with Crippen LogP contribution in [0.1, 0.15) is 25.8 Å². The SMILES string of the molecule is CCNC(C)c1ncc(-c2cc(Br)c(Br)s2)o1. The van der Waals surface area contributed by atoms with E-state index in [0.717, 1.165) is 31.3 Å². The van der Waals surface area contributed by atoms with Crippen molar-refractivity contribution in [1.82, 2.24) is 10.3 Å². The van der Waals surface area contributed by atoms with Gasteiger partial charge in [-0.15, -0.1) is 11.3 Å². The summed E-state index contributed by atoms with van der Waals surface area (Å²) in [7, 11) is 0. The Kier molecular flexibility index (Phi) is 4.41. The van der Waals surface area contributed by atoms with Crippen LogP contribution < -0.4 is 5.32 Å². The molecule has 17 heavy (non-hydrogen) atoms. The average molecular weight is 380 g/mol. The van der Waals surface area contributed by atoms with Gasteiger partial charge in [-0.3, -0.25) is 0 Å². The van der Waals surface area contributed by atoms with Crippen molar-refractivity contribution in [3.05, 3.63) is 26.4 Å². The minimum Gasteiger partial charge on any atom is -0.438 e. The van der Waals surface area contributed by atoms with Crippen LogP contribution >= 0.6 is 43.2 Å². The number of hydrogen-bond donors (Lipinski definition) is 1. The number of oxazole rings is 1. The zero-order chi connectivity index (χ0) is 12.4. The highest BCUT2D eigenvalue weighted by Crippen LogP contribution is 2.38. The van der Waals surface area contributed by atoms with Crippen molar-refractivity contribution < 1.29 is 4.42 Å². The monoisotopic (exact) mass is 378 g/mol. The molecule has 0 aliphatic heterocycles. The summed E-state index contributed by atoms with van der Waals surface area (Å²) in [4.78, 5) is 5.36. The van der Waals surface area contributed by atoms with E-state index >= 15 is 0 Å². The lowest BCUT2D eigenvalue weighted by Crippen LogP contribution is -2.17. The van der Waals surface area contributed by atoms with Gasteiger partial charge >= 0.3 is 0 Å². The fourth-order valence-electron chi connectivity index (χ4n) is 1.46. The highest BCUT2D eigenvalue weighted by molar-refractivity contribution is 9.13. The van der Waals surface area contributed by atoms with Gasteiger partial charge in [-0.05, 0) is 51.4 Å². The average Bonchev–Trinajstić information content (AvgIpc) is 2.87. The Morgan fingerprint density at radius 2 is 2.29 bits per heavy atom. The van der Waals surface area contributed by atoms with Crippen molar-refractivity contribution >= 4 is 43.2 Å². The van der Waals surface area contributed by atoms with Gasteiger partial charge in [0.25, 0.3) is 0 Å². The van der Waals surface area contributed by atoms with Crippen LogP contribution in [-0.4, -0.2) is 11.5 Å². The molecule has 3 nitrogen and oxygen atoms in total. The highest BCUT2D eigenvalue weighted by atomic mass is 79.9. The third-order valence-corrected chi connectivity index (χ3v) is 5.56. The topological polar surface area (TPSA) is 38.1 Å². The zero-order valence-electron chi connectivity index (χ0n) is 9.46. The zero-order valence-corrected chi connectivity index (χ0v) is 13.4. The Bertz CT molecular complexity index is 490. The van der Waals surface area contributed by atoms with Gasteiger partial charge < -0.3 is 9.73 Å². The normalized spacial score (nSPS) is 12.9. The first kappa shape index (κ1) is 13.3. The Morgan fingerprint density at radius 1 is 1.53 bits per heavy atom. The van der Waals surface area contributed by atoms with Crippen LogP contribution in [0.2, 0.25) is 0 Å². The summed E-state index contributed by atoms with van der Waals surface area (Å²) in [5.74, 6) is 1.53. The van der Waals surface area contributed by atoms with Crippen molar-refractivity contribution in [2.24, 2.45) is 0 Å². The van der Waals surface area contributed by atoms with Crippen LogP contribution in [0.5, 0.6) is 0 Å². The molecule has 0 fully saturated rings. The molecule has 0 amide bonds. The minimum atomic E-state index is 0.139. The molecule has 0 spiro atoms. The molecule has 1 atom stereocenters. The molecule has 0 saturated carbocycles. The Morgan fingerprint density at radius 3 is 2.88 bits per heavy atom. The number of thiophene rings is 1. The second kappa shape index (κ2) is 5.65. The number of nitrogens with zero attached hydrogens (tertiary/aromatic N) is 1. The van der Waals surface area contributed by atoms with Gasteiger partial charge in [0, 0.05) is 4.47 Å². The molecule has 0 radical (unpaired) electrons. The van der Waals surface area contributed by atoms with Gasteiger partial charge in [-0.1, -0.05) is 6.92 Å². The molecule has 0 bridgehead atoms. The minimum absolute atomic E-state index is 0.139. The summed E-state index contributed by atoms with van der Waals surface area (Å²) in [6.45, 7) is 5.00. The molecule has 0 aromatic carbocycles. The summed E-state index contributed by atoms with van der Waals surface area (Å²) < 4.78 is 7.85. The molecule has 6 heteroatoms. The van der Waals surface area contributed by atoms with Gasteiger partial charge in [0.1, 0.15) is 0 Å². The number of nitrogens with one attached hydrogen (secondary N) is 1. The standard InChI is InChI=1S/C11H12Br2N2OS/c1-3-14-6(2)11-15-5-8(16-11)9-4-7(12)10(13)17-9/h4-6,14H,3H2,1-2H3. The molecule has 0 aliphatic carbocycles. The Balaban J connectivity index is 2.23. The number of aromatic nitrogens is 1. The summed E-state index contributed by atoms with van der Waals surface area (Å²) in [5.41, 5.74) is 0. The Labute approximate surface area is 121 Å². The van der Waals surface area contributed by atoms with E-state index in [4.69, 9.17) is 4.42 Å². The van der Waals surface area contributed by atoms with E-state index in [-0.39, 0.29) is 6.04 Å². The maximum atomic E-state index is 5.75. The van der Waals surface area contributed by atoms with Crippen LogP contribution in [0.4, 0.5) is 0 Å². The van der Waals surface area contributed by atoms with Gasteiger partial charge in [-0.25, -0.2) is 4.98 Å². The molecule has 0 saturated heterocycles. The maximum absolute atomic E-state index is 5.75. The first-order chi connectivity index (χ1) is 8.11. The predicted octanol–water partition coefficient (Wildman–Crippen LogP) is 4.60. The van der Waals surface area contributed by atoms with Crippen molar-refractivity contribution in [3.8, 4) is 10.6 Å². The van der Waals surface area contributed by atoms with Crippen LogP contribution in [-0.2, 0) is 0 Å². The molecular formula is C11H12Br2N2OS. The quantitative estimate of drug-likeness (QED) is 0.843. The first-order valence-electron chi connectivity index (χ1n) is 5.26. The van der Waals surface area contributed by atoms with Crippen LogP contribution in [0, 0.1) is 0 Å². The van der Waals surface area contributed by atoms with Gasteiger partial charge in [0.2, 0.25) is 5.89 Å². The van der Waals surface area contributed by atoms with Crippen LogP contribution in [0.3, 0.4) is 0 Å². The molecule has 2 heterocycles. The number of rotatable bonds is 4. The second-order valence-corrected chi connectivity index (χ2v) is 6.80. The molecule has 92 valence electrons. The van der Waals surface area contributed by atoms with E-state index in [2.05, 4.69) is 49.1 Å². The largest absolute Gasteiger partial charge is 0.438 e. The molecule has 0 aliphatic rings. The van der Waals surface area contributed by atoms with E-state index < -0.39 is 0 Å². The van der Waals surface area contributed by atoms with E-state index in [1.165, 1.54) is 0 Å². The van der Waals surface area contributed by atoms with Gasteiger partial charge in [0.05, 0.1) is 20.9 Å². The van der Waals surface area contributed by atoms with E-state index in [1.807, 2.05) is 13.0 Å². The number of hydrogen-bond acceptors (Lipinski definition) is 4. The smallest absolute Gasteiger partial charge is 0.211 e. The van der Waals surface area contributed by atoms with Crippen molar-refractivity contribution in [2.75, 3.05) is 6.54 Å². The summed E-state index contributed by atoms with van der Waals surface area (Å²) in [6, 6.07) is 2.16. The van der Waals surface area contributed by atoms with Crippen molar-refractivity contribution in [1.29, 1.82) is 0 Å². The second-order valence-electron chi connectivity index (χ2n) is 3.57. The fraction of sp³-hybridized carbons (Fsp3) is 0.364. The lowest BCUT2D eigenvalue weighted by molar-refractivity contribution is 0.429. The lowest BCUT2D eigenvalue weighted by atomic mass is 10.3. The highest BCUT2D eigenvalue weighted by Gasteiger charge is 2.14.